The molecule has 1 atom stereocenters. The fourth-order valence-electron chi connectivity index (χ4n) is 2.87. The Balaban J connectivity index is 4.02. The lowest BCUT2D eigenvalue weighted by Crippen LogP contribution is -2.30. The Morgan fingerprint density at radius 3 is 1.90 bits per heavy atom. The van der Waals surface area contributed by atoms with Crippen molar-refractivity contribution in [3.63, 3.8) is 0 Å². The van der Waals surface area contributed by atoms with E-state index in [2.05, 4.69) is 27.7 Å². The van der Waals surface area contributed by atoms with Crippen LogP contribution in [0.1, 0.15) is 105 Å². The van der Waals surface area contributed by atoms with Crippen molar-refractivity contribution in [1.82, 2.24) is 0 Å². The maximum absolute atomic E-state index is 12.4. The minimum absolute atomic E-state index is 0.0383. The molecule has 0 aromatic rings. The van der Waals surface area contributed by atoms with Crippen LogP contribution in [-0.2, 0) is 9.53 Å². The maximum atomic E-state index is 12.4. The molecule has 0 saturated carbocycles. The molecule has 0 fully saturated rings. The zero-order valence-corrected chi connectivity index (χ0v) is 15.0. The van der Waals surface area contributed by atoms with E-state index in [1.54, 1.807) is 0 Å². The van der Waals surface area contributed by atoms with Gasteiger partial charge in [-0.2, -0.15) is 0 Å². The lowest BCUT2D eigenvalue weighted by Gasteiger charge is -2.27. The summed E-state index contributed by atoms with van der Waals surface area (Å²) in [4.78, 5) is 12.4. The maximum Gasteiger partial charge on any atom is 0.311 e. The number of rotatable bonds is 14. The summed E-state index contributed by atoms with van der Waals surface area (Å²) in [5.41, 5.74) is -0.258. The van der Waals surface area contributed by atoms with Crippen LogP contribution in [0, 0.1) is 5.41 Å². The monoisotopic (exact) mass is 298 g/mol. The molecule has 0 aromatic carbocycles. The first kappa shape index (κ1) is 20.5. The van der Waals surface area contributed by atoms with Crippen molar-refractivity contribution in [2.75, 3.05) is 6.61 Å². The van der Waals surface area contributed by atoms with Crippen molar-refractivity contribution in [2.24, 2.45) is 5.41 Å². The zero-order chi connectivity index (χ0) is 16.0. The molecule has 0 saturated heterocycles. The van der Waals surface area contributed by atoms with Crippen molar-refractivity contribution < 1.29 is 9.53 Å². The lowest BCUT2D eigenvalue weighted by molar-refractivity contribution is -0.156. The molecule has 1 unspecified atom stereocenters. The molecule has 0 rings (SSSR count). The van der Waals surface area contributed by atoms with E-state index in [1.165, 1.54) is 44.9 Å². The van der Waals surface area contributed by atoms with Gasteiger partial charge in [0.1, 0.15) is 0 Å². The van der Waals surface area contributed by atoms with Gasteiger partial charge in [0.15, 0.2) is 0 Å². The normalized spacial score (nSPS) is 13.9. The minimum Gasteiger partial charge on any atom is -0.465 e. The van der Waals surface area contributed by atoms with Crippen LogP contribution in [-0.4, -0.2) is 12.6 Å². The largest absolute Gasteiger partial charge is 0.465 e. The van der Waals surface area contributed by atoms with Gasteiger partial charge in [-0.25, -0.2) is 0 Å². The molecule has 0 aromatic heterocycles. The summed E-state index contributed by atoms with van der Waals surface area (Å²) in [6.07, 6.45) is 13.9. The highest BCUT2D eigenvalue weighted by Gasteiger charge is 2.33. The number of ether oxygens (including phenoxy) is 1. The molecule has 126 valence electrons. The summed E-state index contributed by atoms with van der Waals surface area (Å²) < 4.78 is 5.56. The average molecular weight is 299 g/mol. The van der Waals surface area contributed by atoms with Gasteiger partial charge in [-0.05, 0) is 26.2 Å². The molecule has 2 heteroatoms. The standard InChI is InChI=1S/C19H38O2/c1-5-8-10-12-14-17-21-18(20)19(4,15-7-3)16-13-11-9-6-2/h5-17H2,1-4H3. The highest BCUT2D eigenvalue weighted by Crippen LogP contribution is 2.32. The first-order valence-corrected chi connectivity index (χ1v) is 9.28. The highest BCUT2D eigenvalue weighted by atomic mass is 16.5. The van der Waals surface area contributed by atoms with Crippen LogP contribution in [0.5, 0.6) is 0 Å². The molecular formula is C19H38O2. The summed E-state index contributed by atoms with van der Waals surface area (Å²) in [6.45, 7) is 9.30. The minimum atomic E-state index is -0.258. The van der Waals surface area contributed by atoms with Gasteiger partial charge in [0.05, 0.1) is 12.0 Å². The van der Waals surface area contributed by atoms with Gasteiger partial charge in [0.2, 0.25) is 0 Å². The van der Waals surface area contributed by atoms with Crippen LogP contribution in [0.3, 0.4) is 0 Å². The van der Waals surface area contributed by atoms with Gasteiger partial charge in [0, 0.05) is 0 Å². The number of carbonyl (C=O) groups is 1. The molecule has 0 heterocycles. The quantitative estimate of drug-likeness (QED) is 0.279. The predicted octanol–water partition coefficient (Wildman–Crippen LogP) is 6.28. The van der Waals surface area contributed by atoms with Crippen LogP contribution < -0.4 is 0 Å². The van der Waals surface area contributed by atoms with Gasteiger partial charge in [-0.3, -0.25) is 4.79 Å². The van der Waals surface area contributed by atoms with Crippen LogP contribution in [0.15, 0.2) is 0 Å². The number of hydrogen-bond donors (Lipinski definition) is 0. The van der Waals surface area contributed by atoms with Gasteiger partial charge in [-0.1, -0.05) is 78.6 Å². The molecule has 2 nitrogen and oxygen atoms in total. The molecule has 0 bridgehead atoms. The fraction of sp³-hybridized carbons (Fsp3) is 0.947. The second-order valence-electron chi connectivity index (χ2n) is 6.67. The summed E-state index contributed by atoms with van der Waals surface area (Å²) in [5.74, 6) is 0.0383. The first-order chi connectivity index (χ1) is 10.1. The molecular weight excluding hydrogens is 260 g/mol. The Bertz CT molecular complexity index is 250. The van der Waals surface area contributed by atoms with E-state index < -0.39 is 0 Å². The van der Waals surface area contributed by atoms with Crippen LogP contribution in [0.25, 0.3) is 0 Å². The van der Waals surface area contributed by atoms with E-state index in [1.807, 2.05) is 0 Å². The second kappa shape index (κ2) is 13.2. The molecule has 0 aliphatic carbocycles. The topological polar surface area (TPSA) is 26.3 Å². The smallest absolute Gasteiger partial charge is 0.311 e. The van der Waals surface area contributed by atoms with E-state index in [9.17, 15) is 4.79 Å². The molecule has 0 aliphatic rings. The average Bonchev–Trinajstić information content (AvgIpc) is 2.47. The first-order valence-electron chi connectivity index (χ1n) is 9.28. The third-order valence-electron chi connectivity index (χ3n) is 4.36. The van der Waals surface area contributed by atoms with Crippen molar-refractivity contribution in [2.45, 2.75) is 105 Å². The van der Waals surface area contributed by atoms with Gasteiger partial charge in [0.25, 0.3) is 0 Å². The summed E-state index contributed by atoms with van der Waals surface area (Å²) in [5, 5.41) is 0. The third-order valence-corrected chi connectivity index (χ3v) is 4.36. The second-order valence-corrected chi connectivity index (χ2v) is 6.67. The molecule has 0 N–H and O–H groups in total. The van der Waals surface area contributed by atoms with Crippen molar-refractivity contribution in [3.8, 4) is 0 Å². The van der Waals surface area contributed by atoms with Crippen molar-refractivity contribution in [1.29, 1.82) is 0 Å². The number of carbonyl (C=O) groups excluding carboxylic acids is 1. The third kappa shape index (κ3) is 9.92. The molecule has 21 heavy (non-hydrogen) atoms. The SMILES string of the molecule is CCCCCCCOC(=O)C(C)(CCC)CCCCCC. The van der Waals surface area contributed by atoms with Crippen molar-refractivity contribution >= 4 is 5.97 Å². The van der Waals surface area contributed by atoms with Gasteiger partial charge < -0.3 is 4.74 Å². The van der Waals surface area contributed by atoms with Crippen molar-refractivity contribution in [3.05, 3.63) is 0 Å². The Morgan fingerprint density at radius 2 is 1.33 bits per heavy atom. The van der Waals surface area contributed by atoms with Gasteiger partial charge >= 0.3 is 5.97 Å². The Morgan fingerprint density at radius 1 is 0.762 bits per heavy atom. The molecule has 0 radical (unpaired) electrons. The summed E-state index contributed by atoms with van der Waals surface area (Å²) in [7, 11) is 0. The summed E-state index contributed by atoms with van der Waals surface area (Å²) in [6, 6.07) is 0. The van der Waals surface area contributed by atoms with Crippen LogP contribution in [0.2, 0.25) is 0 Å². The molecule has 0 spiro atoms. The fourth-order valence-corrected chi connectivity index (χ4v) is 2.87. The van der Waals surface area contributed by atoms with E-state index in [4.69, 9.17) is 4.74 Å². The van der Waals surface area contributed by atoms with E-state index >= 15 is 0 Å². The number of unbranched alkanes of at least 4 members (excludes halogenated alkanes) is 7. The van der Waals surface area contributed by atoms with Gasteiger partial charge in [-0.15, -0.1) is 0 Å². The Labute approximate surface area is 133 Å². The Hall–Kier alpha value is -0.530. The lowest BCUT2D eigenvalue weighted by atomic mass is 9.80. The number of esters is 1. The van der Waals surface area contributed by atoms with Crippen LogP contribution >= 0.6 is 0 Å². The molecule has 0 amide bonds. The van der Waals surface area contributed by atoms with E-state index in [0.717, 1.165) is 32.1 Å². The van der Waals surface area contributed by atoms with Crippen LogP contribution in [0.4, 0.5) is 0 Å². The number of hydrogen-bond acceptors (Lipinski definition) is 2. The van der Waals surface area contributed by atoms with E-state index in [-0.39, 0.29) is 11.4 Å². The molecule has 0 aliphatic heterocycles. The zero-order valence-electron chi connectivity index (χ0n) is 15.0. The summed E-state index contributed by atoms with van der Waals surface area (Å²) >= 11 is 0. The Kier molecular flexibility index (Phi) is 12.8. The highest BCUT2D eigenvalue weighted by molar-refractivity contribution is 5.76. The van der Waals surface area contributed by atoms with E-state index in [0.29, 0.717) is 6.61 Å². The predicted molar refractivity (Wildman–Crippen MR) is 91.5 cm³/mol.